The highest BCUT2D eigenvalue weighted by atomic mass is 35.5. The van der Waals surface area contributed by atoms with Crippen molar-refractivity contribution >= 4 is 69.4 Å². The lowest BCUT2D eigenvalue weighted by Crippen LogP contribution is -2.50. The molecule has 0 radical (unpaired) electrons. The van der Waals surface area contributed by atoms with Crippen LogP contribution in [-0.2, 0) is 11.5 Å². The molecule has 5 heterocycles. The number of halogens is 1. The summed E-state index contributed by atoms with van der Waals surface area (Å²) >= 11 is 8.62. The van der Waals surface area contributed by atoms with Crippen LogP contribution in [0.3, 0.4) is 0 Å². The van der Waals surface area contributed by atoms with Gasteiger partial charge in [0, 0.05) is 64.2 Å². The Morgan fingerprint density at radius 2 is 1.93 bits per heavy atom. The van der Waals surface area contributed by atoms with Crippen molar-refractivity contribution in [3.05, 3.63) is 29.5 Å². The van der Waals surface area contributed by atoms with E-state index in [0.29, 0.717) is 18.4 Å². The first-order valence-corrected chi connectivity index (χ1v) is 19.4. The van der Waals surface area contributed by atoms with Gasteiger partial charge in [-0.05, 0) is 37.8 Å². The maximum Gasteiger partial charge on any atom is 0.404 e. The number of nitrogens with one attached hydrogen (secondary N) is 1. The molecule has 0 saturated carbocycles. The summed E-state index contributed by atoms with van der Waals surface area (Å²) in [6.07, 6.45) is 6.55. The quantitative estimate of drug-likeness (QED) is 0.160. The summed E-state index contributed by atoms with van der Waals surface area (Å²) in [7, 11) is 2.73. The van der Waals surface area contributed by atoms with Crippen molar-refractivity contribution < 1.29 is 14.6 Å². The van der Waals surface area contributed by atoms with Crippen LogP contribution in [0.5, 0.6) is 0 Å². The van der Waals surface area contributed by atoms with Gasteiger partial charge in [0.2, 0.25) is 0 Å². The summed E-state index contributed by atoms with van der Waals surface area (Å²) in [4.78, 5) is 30.5. The highest BCUT2D eigenvalue weighted by molar-refractivity contribution is 7.22. The number of thiazole rings is 1. The maximum absolute atomic E-state index is 11.3. The lowest BCUT2D eigenvalue weighted by molar-refractivity contribution is 0.0899. The number of nitrogens with zero attached hydrogens (tertiary/aromatic N) is 6. The van der Waals surface area contributed by atoms with Crippen LogP contribution in [0.2, 0.25) is 30.7 Å². The molecule has 2 aliphatic heterocycles. The van der Waals surface area contributed by atoms with Crippen molar-refractivity contribution in [2.75, 3.05) is 30.5 Å². The molecule has 6 rings (SSSR count). The molecule has 0 spiro atoms. The van der Waals surface area contributed by atoms with Gasteiger partial charge in [0.05, 0.1) is 21.4 Å². The predicted octanol–water partition coefficient (Wildman–Crippen LogP) is 6.51. The van der Waals surface area contributed by atoms with Crippen LogP contribution < -0.4 is 15.1 Å². The van der Waals surface area contributed by atoms with E-state index in [1.807, 2.05) is 41.9 Å². The summed E-state index contributed by atoms with van der Waals surface area (Å²) < 4.78 is 9.17. The standard InChI is InChI=1S/C29H38ClN7O3SSi/c1-35(2)28-33-22-9-8-20(24(30)26(22)41-28)21-15-36(16-40-10-11-42(3,4)5)27-25(21)31-14-23(34-27)37-18-6-7-19(37)13-17(12-18)32-29(38)39/h8-9,14-15,17-19,32H,6-7,10-13,16H2,1-5H3,(H,38,39). The molecule has 13 heteroatoms. The van der Waals surface area contributed by atoms with Crippen molar-refractivity contribution in [1.29, 1.82) is 0 Å². The monoisotopic (exact) mass is 627 g/mol. The molecule has 10 nitrogen and oxygen atoms in total. The number of piperidine rings is 1. The number of anilines is 2. The number of ether oxygens (including phenoxy) is 1. The Hall–Kier alpha value is -2.93. The van der Waals surface area contributed by atoms with Crippen LogP contribution in [0.15, 0.2) is 24.5 Å². The van der Waals surface area contributed by atoms with Crippen molar-refractivity contribution in [2.45, 2.75) is 76.2 Å². The number of rotatable bonds is 9. The molecule has 42 heavy (non-hydrogen) atoms. The van der Waals surface area contributed by atoms with Crippen molar-refractivity contribution in [2.24, 2.45) is 0 Å². The highest BCUT2D eigenvalue weighted by Gasteiger charge is 2.42. The number of benzene rings is 1. The number of carboxylic acid groups (broad SMARTS) is 1. The van der Waals surface area contributed by atoms with E-state index in [4.69, 9.17) is 31.3 Å². The number of hydrogen-bond acceptors (Lipinski definition) is 8. The van der Waals surface area contributed by atoms with E-state index >= 15 is 0 Å². The Kier molecular flexibility index (Phi) is 7.84. The molecule has 224 valence electrons. The Balaban J connectivity index is 1.38. The van der Waals surface area contributed by atoms with Gasteiger partial charge < -0.3 is 29.5 Å². The van der Waals surface area contributed by atoms with Crippen molar-refractivity contribution in [3.8, 4) is 11.1 Å². The molecule has 4 aromatic rings. The van der Waals surface area contributed by atoms with E-state index in [2.05, 4.69) is 36.1 Å². The van der Waals surface area contributed by atoms with Crippen LogP contribution >= 0.6 is 22.9 Å². The molecule has 1 aromatic carbocycles. The third-order valence-electron chi connectivity index (χ3n) is 8.26. The molecular formula is C29H38ClN7O3SSi. The maximum atomic E-state index is 11.3. The van der Waals surface area contributed by atoms with Crippen LogP contribution in [-0.4, -0.2) is 77.6 Å². The van der Waals surface area contributed by atoms with E-state index in [0.717, 1.165) is 75.2 Å². The zero-order chi connectivity index (χ0) is 29.8. The molecule has 2 fully saturated rings. The minimum absolute atomic E-state index is 0.0278. The van der Waals surface area contributed by atoms with E-state index in [1.54, 1.807) is 11.3 Å². The van der Waals surface area contributed by atoms with Crippen molar-refractivity contribution in [3.63, 3.8) is 0 Å². The Morgan fingerprint density at radius 3 is 2.60 bits per heavy atom. The van der Waals surface area contributed by atoms with Crippen LogP contribution in [0.25, 0.3) is 32.5 Å². The lowest BCUT2D eigenvalue weighted by Gasteiger charge is -2.39. The summed E-state index contributed by atoms with van der Waals surface area (Å²) in [5, 5.41) is 13.5. The van der Waals surface area contributed by atoms with Gasteiger partial charge in [-0.25, -0.2) is 19.7 Å². The van der Waals surface area contributed by atoms with E-state index in [9.17, 15) is 9.90 Å². The normalized spacial score (nSPS) is 20.5. The third kappa shape index (κ3) is 5.69. The second-order valence-electron chi connectivity index (χ2n) is 12.8. The minimum Gasteiger partial charge on any atom is -0.465 e. The van der Waals surface area contributed by atoms with E-state index in [1.165, 1.54) is 0 Å². The molecule has 2 N–H and O–H groups in total. The van der Waals surface area contributed by atoms with E-state index < -0.39 is 14.2 Å². The molecule has 1 amide bonds. The Labute approximate surface area is 255 Å². The summed E-state index contributed by atoms with van der Waals surface area (Å²) in [5.41, 5.74) is 4.22. The summed E-state index contributed by atoms with van der Waals surface area (Å²) in [6, 6.07) is 5.56. The van der Waals surface area contributed by atoms with E-state index in [-0.39, 0.29) is 18.1 Å². The zero-order valence-corrected chi connectivity index (χ0v) is 27.3. The zero-order valence-electron chi connectivity index (χ0n) is 24.7. The van der Waals surface area contributed by atoms with Gasteiger partial charge in [0.15, 0.2) is 10.8 Å². The van der Waals surface area contributed by atoms with Crippen LogP contribution in [0.1, 0.15) is 25.7 Å². The SMILES string of the molecule is CN(C)c1nc2ccc(-c3cn(COCC[Si](C)(C)C)c4nc(N5C6CCC5CC(NC(=O)O)C6)cnc34)c(Cl)c2s1. The topological polar surface area (TPSA) is 109 Å². The smallest absolute Gasteiger partial charge is 0.404 e. The summed E-state index contributed by atoms with van der Waals surface area (Å²) in [6.45, 7) is 8.12. The van der Waals surface area contributed by atoms with Crippen molar-refractivity contribution in [1.82, 2.24) is 24.8 Å². The molecule has 3 aromatic heterocycles. The molecule has 0 aliphatic carbocycles. The fourth-order valence-electron chi connectivity index (χ4n) is 6.19. The Bertz CT molecular complexity index is 1620. The summed E-state index contributed by atoms with van der Waals surface area (Å²) in [5.74, 6) is 0.830. The minimum atomic E-state index is -1.23. The van der Waals surface area contributed by atoms with Gasteiger partial charge >= 0.3 is 6.09 Å². The second-order valence-corrected chi connectivity index (χ2v) is 19.8. The molecule has 2 atom stereocenters. The average molecular weight is 628 g/mol. The fraction of sp³-hybridized carbons (Fsp3) is 0.517. The number of carbonyl (C=O) groups is 1. The largest absolute Gasteiger partial charge is 0.465 e. The number of fused-ring (bicyclic) bond motifs is 4. The first-order chi connectivity index (χ1) is 20.0. The van der Waals surface area contributed by atoms with Gasteiger partial charge in [0.1, 0.15) is 18.1 Å². The second kappa shape index (κ2) is 11.3. The van der Waals surface area contributed by atoms with Gasteiger partial charge in [-0.3, -0.25) is 0 Å². The molecule has 2 bridgehead atoms. The third-order valence-corrected chi connectivity index (χ3v) is 11.7. The lowest BCUT2D eigenvalue weighted by atomic mass is 9.97. The molecule has 2 aliphatic rings. The number of amides is 1. The molecular weight excluding hydrogens is 590 g/mol. The molecule has 2 unspecified atom stereocenters. The Morgan fingerprint density at radius 1 is 1.19 bits per heavy atom. The number of aromatic nitrogens is 4. The number of hydrogen-bond donors (Lipinski definition) is 2. The van der Waals surface area contributed by atoms with Gasteiger partial charge in [-0.2, -0.15) is 0 Å². The van der Waals surface area contributed by atoms with Gasteiger partial charge in [0.25, 0.3) is 0 Å². The van der Waals surface area contributed by atoms with Crippen LogP contribution in [0, 0.1) is 0 Å². The first-order valence-electron chi connectivity index (χ1n) is 14.5. The average Bonchev–Trinajstić information content (AvgIpc) is 3.58. The fourth-order valence-corrected chi connectivity index (χ4v) is 8.25. The highest BCUT2D eigenvalue weighted by Crippen LogP contribution is 2.43. The molecule has 2 saturated heterocycles. The first kappa shape index (κ1) is 29.2. The van der Waals surface area contributed by atoms with Gasteiger partial charge in [-0.15, -0.1) is 0 Å². The van der Waals surface area contributed by atoms with Gasteiger partial charge in [-0.1, -0.05) is 48.6 Å². The predicted molar refractivity (Wildman–Crippen MR) is 173 cm³/mol. The van der Waals surface area contributed by atoms with Crippen LogP contribution in [0.4, 0.5) is 15.7 Å².